The highest BCUT2D eigenvalue weighted by Crippen LogP contribution is 2.26. The molecule has 0 radical (unpaired) electrons. The number of nitrogens with zero attached hydrogens (tertiary/aromatic N) is 2. The third kappa shape index (κ3) is 4.45. The second-order valence-electron chi connectivity index (χ2n) is 5.80. The second kappa shape index (κ2) is 7.79. The van der Waals surface area contributed by atoms with Crippen LogP contribution in [0.3, 0.4) is 0 Å². The second-order valence-corrected chi connectivity index (χ2v) is 5.80. The van der Waals surface area contributed by atoms with Gasteiger partial charge in [0, 0.05) is 18.7 Å². The van der Waals surface area contributed by atoms with Gasteiger partial charge in [-0.05, 0) is 30.2 Å². The van der Waals surface area contributed by atoms with Gasteiger partial charge >= 0.3 is 5.97 Å². The molecule has 2 aromatic rings. The van der Waals surface area contributed by atoms with Crippen LogP contribution in [-0.4, -0.2) is 51.3 Å². The number of anilines is 2. The summed E-state index contributed by atoms with van der Waals surface area (Å²) in [6.07, 6.45) is 2.73. The van der Waals surface area contributed by atoms with E-state index in [4.69, 9.17) is 9.84 Å². The molecule has 1 unspecified atom stereocenters. The predicted molar refractivity (Wildman–Crippen MR) is 92.4 cm³/mol. The topological polar surface area (TPSA) is 134 Å². The van der Waals surface area contributed by atoms with Crippen LogP contribution in [0.2, 0.25) is 0 Å². The number of carbonyl (C=O) groups is 2. The van der Waals surface area contributed by atoms with Gasteiger partial charge in [0.1, 0.15) is 24.3 Å². The molecule has 9 heteroatoms. The van der Waals surface area contributed by atoms with E-state index in [2.05, 4.69) is 20.6 Å². The Morgan fingerprint density at radius 1 is 1.31 bits per heavy atom. The van der Waals surface area contributed by atoms with Gasteiger partial charge in [0.05, 0.1) is 12.4 Å². The minimum Gasteiger partial charge on any atom is -0.491 e. The van der Waals surface area contributed by atoms with Crippen molar-refractivity contribution in [2.75, 3.05) is 23.8 Å². The lowest BCUT2D eigenvalue weighted by atomic mass is 10.0. The zero-order valence-electron chi connectivity index (χ0n) is 13.8. The molecule has 1 aliphatic heterocycles. The smallest absolute Gasteiger partial charge is 0.356 e. The van der Waals surface area contributed by atoms with E-state index in [1.54, 1.807) is 12.1 Å². The monoisotopic (exact) mass is 358 g/mol. The van der Waals surface area contributed by atoms with Crippen LogP contribution >= 0.6 is 0 Å². The van der Waals surface area contributed by atoms with Crippen molar-refractivity contribution in [3.63, 3.8) is 0 Å². The van der Waals surface area contributed by atoms with Crippen LogP contribution in [0.25, 0.3) is 0 Å². The van der Waals surface area contributed by atoms with Gasteiger partial charge in [-0.3, -0.25) is 4.79 Å². The quantitative estimate of drug-likeness (QED) is 0.574. The lowest BCUT2D eigenvalue weighted by Gasteiger charge is -2.18. The number of fused-ring (bicyclic) bond motifs is 1. The first kappa shape index (κ1) is 17.6. The molecule has 0 bridgehead atoms. The molecule has 4 N–H and O–H groups in total. The van der Waals surface area contributed by atoms with Gasteiger partial charge in [-0.25, -0.2) is 14.8 Å². The lowest BCUT2D eigenvalue weighted by molar-refractivity contribution is -0.116. The molecular weight excluding hydrogens is 340 g/mol. The number of aromatic nitrogens is 2. The summed E-state index contributed by atoms with van der Waals surface area (Å²) >= 11 is 0. The molecule has 1 atom stereocenters. The Balaban J connectivity index is 1.47. The number of hydrogen-bond donors (Lipinski definition) is 4. The average molecular weight is 358 g/mol. The molecule has 136 valence electrons. The molecule has 1 aromatic heterocycles. The maximum absolute atomic E-state index is 11.3. The molecular formula is C17H18N4O5. The normalized spacial score (nSPS) is 14.1. The van der Waals surface area contributed by atoms with Gasteiger partial charge in [-0.2, -0.15) is 0 Å². The summed E-state index contributed by atoms with van der Waals surface area (Å²) in [6, 6.07) is 5.37. The summed E-state index contributed by atoms with van der Waals surface area (Å²) in [5.41, 5.74) is 1.64. The number of aryl methyl sites for hydroxylation is 1. The van der Waals surface area contributed by atoms with E-state index in [1.807, 2.05) is 6.07 Å². The first-order valence-corrected chi connectivity index (χ1v) is 8.04. The van der Waals surface area contributed by atoms with E-state index in [9.17, 15) is 14.7 Å². The lowest BCUT2D eigenvalue weighted by Crippen LogP contribution is -2.26. The van der Waals surface area contributed by atoms with Gasteiger partial charge in [-0.15, -0.1) is 0 Å². The van der Waals surface area contributed by atoms with Gasteiger partial charge in [0.15, 0.2) is 5.69 Å². The minimum absolute atomic E-state index is 0.00662. The van der Waals surface area contributed by atoms with Gasteiger partial charge in [-0.1, -0.05) is 0 Å². The minimum atomic E-state index is -1.15. The van der Waals surface area contributed by atoms with Crippen LogP contribution in [0.15, 0.2) is 30.6 Å². The van der Waals surface area contributed by atoms with Crippen LogP contribution in [-0.2, 0) is 11.2 Å². The van der Waals surface area contributed by atoms with Gasteiger partial charge < -0.3 is 25.6 Å². The number of carbonyl (C=O) groups excluding carboxylic acids is 1. The largest absolute Gasteiger partial charge is 0.491 e. The molecule has 0 aliphatic carbocycles. The van der Waals surface area contributed by atoms with Gasteiger partial charge in [0.2, 0.25) is 5.91 Å². The Morgan fingerprint density at radius 3 is 2.88 bits per heavy atom. The van der Waals surface area contributed by atoms with Crippen molar-refractivity contribution in [3.8, 4) is 5.75 Å². The number of benzene rings is 1. The molecule has 0 saturated heterocycles. The Kier molecular flexibility index (Phi) is 5.28. The third-order valence-corrected chi connectivity index (χ3v) is 3.80. The van der Waals surface area contributed by atoms with Crippen LogP contribution in [0.1, 0.15) is 22.5 Å². The molecule has 0 fully saturated rings. The molecule has 9 nitrogen and oxygen atoms in total. The molecule has 0 saturated carbocycles. The maximum atomic E-state index is 11.3. The number of ether oxygens (including phenoxy) is 1. The number of nitrogens with one attached hydrogen (secondary N) is 2. The fraction of sp³-hybridized carbons (Fsp3) is 0.294. The van der Waals surface area contributed by atoms with E-state index >= 15 is 0 Å². The Morgan fingerprint density at radius 2 is 2.15 bits per heavy atom. The first-order chi connectivity index (χ1) is 12.5. The van der Waals surface area contributed by atoms with Crippen molar-refractivity contribution in [3.05, 3.63) is 41.9 Å². The van der Waals surface area contributed by atoms with Crippen LogP contribution in [0.4, 0.5) is 11.5 Å². The molecule has 1 aliphatic rings. The van der Waals surface area contributed by atoms with Crippen molar-refractivity contribution in [1.82, 2.24) is 9.97 Å². The number of hydrogen-bond acceptors (Lipinski definition) is 7. The van der Waals surface area contributed by atoms with E-state index in [1.165, 1.54) is 6.20 Å². The SMILES string of the molecule is O=C1CCc2cc(OCC(O)CNc3cnc(C(=O)O)cn3)ccc2N1. The van der Waals surface area contributed by atoms with Gasteiger partial charge in [0.25, 0.3) is 0 Å². The number of rotatable bonds is 7. The van der Waals surface area contributed by atoms with Crippen LogP contribution in [0, 0.1) is 0 Å². The van der Waals surface area contributed by atoms with Crippen LogP contribution in [0.5, 0.6) is 5.75 Å². The van der Waals surface area contributed by atoms with E-state index < -0.39 is 12.1 Å². The van der Waals surface area contributed by atoms with Crippen LogP contribution < -0.4 is 15.4 Å². The van der Waals surface area contributed by atoms with Crippen molar-refractivity contribution in [2.24, 2.45) is 0 Å². The molecule has 26 heavy (non-hydrogen) atoms. The summed E-state index contributed by atoms with van der Waals surface area (Å²) in [5, 5.41) is 24.4. The zero-order valence-corrected chi connectivity index (χ0v) is 13.8. The third-order valence-electron chi connectivity index (χ3n) is 3.80. The molecule has 1 aromatic carbocycles. The van der Waals surface area contributed by atoms with Crippen molar-refractivity contribution < 1.29 is 24.5 Å². The number of carboxylic acids is 1. The maximum Gasteiger partial charge on any atom is 0.356 e. The highest BCUT2D eigenvalue weighted by molar-refractivity contribution is 5.94. The van der Waals surface area contributed by atoms with E-state index in [0.717, 1.165) is 17.4 Å². The van der Waals surface area contributed by atoms with E-state index in [-0.39, 0.29) is 24.8 Å². The number of aromatic carboxylic acids is 1. The van der Waals surface area contributed by atoms with Crippen molar-refractivity contribution >= 4 is 23.4 Å². The summed E-state index contributed by atoms with van der Waals surface area (Å²) < 4.78 is 5.58. The number of aliphatic hydroxyl groups excluding tert-OH is 1. The number of amides is 1. The van der Waals surface area contributed by atoms with E-state index in [0.29, 0.717) is 24.4 Å². The Bertz CT molecular complexity index is 809. The average Bonchev–Trinajstić information content (AvgIpc) is 2.65. The fourth-order valence-corrected chi connectivity index (χ4v) is 2.45. The Hall–Kier alpha value is -3.20. The first-order valence-electron chi connectivity index (χ1n) is 8.04. The summed E-state index contributed by atoms with van der Waals surface area (Å²) in [7, 11) is 0. The number of aliphatic hydroxyl groups is 1. The summed E-state index contributed by atoms with van der Waals surface area (Å²) in [5.74, 6) is -0.169. The van der Waals surface area contributed by atoms with Crippen molar-refractivity contribution in [2.45, 2.75) is 18.9 Å². The standard InChI is InChI=1S/C17H18N4O5/c22-11(6-19-15-8-18-14(7-20-15)17(24)25)9-26-12-2-3-13-10(5-12)1-4-16(23)21-13/h2-3,5,7-8,11,22H,1,4,6,9H2,(H,19,20)(H,21,23)(H,24,25). The highest BCUT2D eigenvalue weighted by atomic mass is 16.5. The highest BCUT2D eigenvalue weighted by Gasteiger charge is 2.15. The molecule has 3 rings (SSSR count). The predicted octanol–water partition coefficient (Wildman–Crippen LogP) is 0.911. The summed E-state index contributed by atoms with van der Waals surface area (Å²) in [4.78, 5) is 29.7. The fourth-order valence-electron chi connectivity index (χ4n) is 2.45. The summed E-state index contributed by atoms with van der Waals surface area (Å²) in [6.45, 7) is 0.237. The Labute approximate surface area is 149 Å². The molecule has 1 amide bonds. The molecule has 2 heterocycles. The molecule has 0 spiro atoms. The zero-order chi connectivity index (χ0) is 18.5. The van der Waals surface area contributed by atoms with Crippen molar-refractivity contribution in [1.29, 1.82) is 0 Å². The number of carboxylic acid groups (broad SMARTS) is 1.